The highest BCUT2D eigenvalue weighted by Crippen LogP contribution is 2.37. The van der Waals surface area contributed by atoms with E-state index in [1.807, 2.05) is 29.3 Å². The van der Waals surface area contributed by atoms with Crippen LogP contribution in [0.2, 0.25) is 0 Å². The number of rotatable bonds is 5. The van der Waals surface area contributed by atoms with E-state index in [2.05, 4.69) is 66.2 Å². The Balaban J connectivity index is 1.55. The fourth-order valence-electron chi connectivity index (χ4n) is 4.89. The molecule has 37 heavy (non-hydrogen) atoms. The van der Waals surface area contributed by atoms with Gasteiger partial charge in [0.2, 0.25) is 0 Å². The molecule has 1 aliphatic rings. The second-order valence-electron chi connectivity index (χ2n) is 9.52. The minimum atomic E-state index is -0.414. The standard InChI is InChI=1S/C31H31N3O3/c1-4-37-30(35)24-10-7-11-26(19-24)32-31(36)34-20-25-9-5-6-12-27(25)33-18-8-13-28(33)29(34)23-16-14-22(15-17-23)21(2)3/h5-19,21,29H,4,20H2,1-3H3,(H,32,36)/t29-/m0/s1. The maximum Gasteiger partial charge on any atom is 0.338 e. The summed E-state index contributed by atoms with van der Waals surface area (Å²) >= 11 is 0. The molecule has 0 radical (unpaired) electrons. The summed E-state index contributed by atoms with van der Waals surface area (Å²) < 4.78 is 7.30. The van der Waals surface area contributed by atoms with Crippen molar-refractivity contribution in [2.75, 3.05) is 11.9 Å². The van der Waals surface area contributed by atoms with E-state index in [0.717, 1.165) is 22.5 Å². The van der Waals surface area contributed by atoms with E-state index >= 15 is 0 Å². The topological polar surface area (TPSA) is 63.6 Å². The van der Waals surface area contributed by atoms with Gasteiger partial charge >= 0.3 is 12.0 Å². The van der Waals surface area contributed by atoms with E-state index in [0.29, 0.717) is 30.3 Å². The van der Waals surface area contributed by atoms with Gasteiger partial charge in [-0.3, -0.25) is 0 Å². The Morgan fingerprint density at radius 1 is 0.973 bits per heavy atom. The molecule has 6 nitrogen and oxygen atoms in total. The van der Waals surface area contributed by atoms with Crippen molar-refractivity contribution < 1.29 is 14.3 Å². The van der Waals surface area contributed by atoms with Gasteiger partial charge in [-0.25, -0.2) is 9.59 Å². The second-order valence-corrected chi connectivity index (χ2v) is 9.52. The molecule has 1 atom stereocenters. The number of ether oxygens (including phenoxy) is 1. The molecule has 0 aliphatic carbocycles. The number of urea groups is 1. The molecule has 1 N–H and O–H groups in total. The molecule has 1 aromatic heterocycles. The van der Waals surface area contributed by atoms with Crippen LogP contribution in [0.4, 0.5) is 10.5 Å². The minimum absolute atomic E-state index is 0.247. The smallest absolute Gasteiger partial charge is 0.338 e. The van der Waals surface area contributed by atoms with Crippen LogP contribution < -0.4 is 5.32 Å². The maximum absolute atomic E-state index is 13.9. The average molecular weight is 494 g/mol. The van der Waals surface area contributed by atoms with Crippen LogP contribution >= 0.6 is 0 Å². The first-order chi connectivity index (χ1) is 18.0. The SMILES string of the molecule is CCOC(=O)c1cccc(NC(=O)N2Cc3ccccc3-n3cccc3[C@@H]2c2ccc(C(C)C)cc2)c1. The van der Waals surface area contributed by atoms with Crippen LogP contribution in [0.15, 0.2) is 91.1 Å². The summed E-state index contributed by atoms with van der Waals surface area (Å²) in [6, 6.07) is 27.1. The van der Waals surface area contributed by atoms with Gasteiger partial charge in [-0.15, -0.1) is 0 Å². The molecule has 3 aromatic carbocycles. The lowest BCUT2D eigenvalue weighted by Gasteiger charge is -2.31. The Labute approximate surface area is 217 Å². The number of anilines is 1. The highest BCUT2D eigenvalue weighted by Gasteiger charge is 2.33. The summed E-state index contributed by atoms with van der Waals surface area (Å²) in [5.41, 5.74) is 6.35. The number of aromatic nitrogens is 1. The molecule has 0 saturated heterocycles. The van der Waals surface area contributed by atoms with Gasteiger partial charge in [-0.05, 0) is 65.9 Å². The van der Waals surface area contributed by atoms with Crippen molar-refractivity contribution in [3.63, 3.8) is 0 Å². The summed E-state index contributed by atoms with van der Waals surface area (Å²) in [7, 11) is 0. The predicted molar refractivity (Wildman–Crippen MR) is 145 cm³/mol. The molecule has 2 amide bonds. The molecule has 5 rings (SSSR count). The van der Waals surface area contributed by atoms with Crippen molar-refractivity contribution in [2.45, 2.75) is 39.3 Å². The van der Waals surface area contributed by atoms with Gasteiger partial charge in [0.1, 0.15) is 0 Å². The number of nitrogens with one attached hydrogen (secondary N) is 1. The lowest BCUT2D eigenvalue weighted by molar-refractivity contribution is 0.0526. The number of hydrogen-bond donors (Lipinski definition) is 1. The van der Waals surface area contributed by atoms with E-state index in [1.165, 1.54) is 5.56 Å². The summed E-state index contributed by atoms with van der Waals surface area (Å²) in [6.07, 6.45) is 2.05. The number of hydrogen-bond acceptors (Lipinski definition) is 3. The largest absolute Gasteiger partial charge is 0.462 e. The van der Waals surface area contributed by atoms with Crippen LogP contribution in [0.3, 0.4) is 0 Å². The molecule has 188 valence electrons. The number of nitrogens with zero attached hydrogens (tertiary/aromatic N) is 2. The van der Waals surface area contributed by atoms with Crippen LogP contribution in [0.25, 0.3) is 5.69 Å². The Morgan fingerprint density at radius 3 is 2.51 bits per heavy atom. The monoisotopic (exact) mass is 493 g/mol. The third-order valence-corrected chi connectivity index (χ3v) is 6.77. The van der Waals surface area contributed by atoms with Gasteiger partial charge in [-0.2, -0.15) is 0 Å². The van der Waals surface area contributed by atoms with Gasteiger partial charge in [-0.1, -0.05) is 62.4 Å². The van der Waals surface area contributed by atoms with Crippen molar-refractivity contribution >= 4 is 17.7 Å². The Kier molecular flexibility index (Phi) is 6.82. The van der Waals surface area contributed by atoms with E-state index in [4.69, 9.17) is 4.74 Å². The molecular weight excluding hydrogens is 462 g/mol. The number of esters is 1. The zero-order chi connectivity index (χ0) is 25.9. The summed E-state index contributed by atoms with van der Waals surface area (Å²) in [6.45, 7) is 6.83. The van der Waals surface area contributed by atoms with Crippen LogP contribution in [-0.4, -0.2) is 28.1 Å². The van der Waals surface area contributed by atoms with Crippen LogP contribution in [-0.2, 0) is 11.3 Å². The van der Waals surface area contributed by atoms with Gasteiger partial charge in [0.05, 0.1) is 30.4 Å². The minimum Gasteiger partial charge on any atom is -0.462 e. The first-order valence-corrected chi connectivity index (χ1v) is 12.7. The van der Waals surface area contributed by atoms with Gasteiger partial charge in [0, 0.05) is 17.6 Å². The van der Waals surface area contributed by atoms with Crippen molar-refractivity contribution in [3.05, 3.63) is 119 Å². The molecule has 1 aliphatic heterocycles. The third-order valence-electron chi connectivity index (χ3n) is 6.77. The summed E-state index contributed by atoms with van der Waals surface area (Å²) in [5, 5.41) is 3.03. The van der Waals surface area contributed by atoms with E-state index in [9.17, 15) is 9.59 Å². The van der Waals surface area contributed by atoms with Crippen molar-refractivity contribution in [2.24, 2.45) is 0 Å². The van der Waals surface area contributed by atoms with Crippen LogP contribution in [0.1, 0.15) is 65.5 Å². The zero-order valence-corrected chi connectivity index (χ0v) is 21.3. The summed E-state index contributed by atoms with van der Waals surface area (Å²) in [4.78, 5) is 28.0. The first kappa shape index (κ1) is 24.4. The van der Waals surface area contributed by atoms with Gasteiger partial charge in [0.25, 0.3) is 0 Å². The number of benzene rings is 3. The Hall–Kier alpha value is -4.32. The van der Waals surface area contributed by atoms with E-state index in [-0.39, 0.29) is 12.1 Å². The number of fused-ring (bicyclic) bond motifs is 3. The lowest BCUT2D eigenvalue weighted by Crippen LogP contribution is -2.38. The van der Waals surface area contributed by atoms with Crippen molar-refractivity contribution in [3.8, 4) is 5.69 Å². The van der Waals surface area contributed by atoms with E-state index < -0.39 is 5.97 Å². The predicted octanol–water partition coefficient (Wildman–Crippen LogP) is 6.91. The van der Waals surface area contributed by atoms with Crippen molar-refractivity contribution in [1.29, 1.82) is 0 Å². The van der Waals surface area contributed by atoms with Gasteiger partial charge < -0.3 is 19.5 Å². The number of carbonyl (C=O) groups is 2. The molecule has 0 unspecified atom stereocenters. The normalized spacial score (nSPS) is 14.5. The molecule has 2 heterocycles. The molecule has 6 heteroatoms. The van der Waals surface area contributed by atoms with Gasteiger partial charge in [0.15, 0.2) is 0 Å². The highest BCUT2D eigenvalue weighted by molar-refractivity contribution is 5.94. The second kappa shape index (κ2) is 10.3. The maximum atomic E-state index is 13.9. The first-order valence-electron chi connectivity index (χ1n) is 12.7. The lowest BCUT2D eigenvalue weighted by atomic mass is 9.97. The fraction of sp³-hybridized carbons (Fsp3) is 0.226. The Bertz CT molecular complexity index is 1420. The molecule has 4 aromatic rings. The average Bonchev–Trinajstić information content (AvgIpc) is 3.33. The number of amides is 2. The summed E-state index contributed by atoms with van der Waals surface area (Å²) in [5.74, 6) is 0.00520. The fourth-order valence-corrected chi connectivity index (χ4v) is 4.89. The highest BCUT2D eigenvalue weighted by atomic mass is 16.5. The molecule has 0 spiro atoms. The van der Waals surface area contributed by atoms with E-state index in [1.54, 1.807) is 31.2 Å². The Morgan fingerprint density at radius 2 is 1.76 bits per heavy atom. The zero-order valence-electron chi connectivity index (χ0n) is 21.3. The molecule has 0 fully saturated rings. The quantitative estimate of drug-likeness (QED) is 0.307. The molecular formula is C31H31N3O3. The van der Waals surface area contributed by atoms with Crippen LogP contribution in [0, 0.1) is 0 Å². The molecule has 0 saturated carbocycles. The van der Waals surface area contributed by atoms with Crippen LogP contribution in [0.5, 0.6) is 0 Å². The molecule has 0 bridgehead atoms. The number of carbonyl (C=O) groups excluding carboxylic acids is 2. The van der Waals surface area contributed by atoms with Crippen molar-refractivity contribution in [1.82, 2.24) is 9.47 Å². The third kappa shape index (κ3) is 4.87. The number of para-hydroxylation sites is 1.